The third-order valence-corrected chi connectivity index (χ3v) is 5.33. The maximum atomic E-state index is 5.70. The Morgan fingerprint density at radius 3 is 2.56 bits per heavy atom. The first-order chi connectivity index (χ1) is 12.2. The summed E-state index contributed by atoms with van der Waals surface area (Å²) in [7, 11) is 1.68. The van der Waals surface area contributed by atoms with Crippen molar-refractivity contribution in [2.24, 2.45) is 0 Å². The van der Waals surface area contributed by atoms with Gasteiger partial charge < -0.3 is 9.64 Å². The smallest absolute Gasteiger partial charge is 0.188 e. The number of nitrogens with zero attached hydrogens (tertiary/aromatic N) is 2. The molecule has 128 valence electrons. The summed E-state index contributed by atoms with van der Waals surface area (Å²) in [5.74, 6) is 0.853. The second-order valence-electron chi connectivity index (χ2n) is 6.47. The van der Waals surface area contributed by atoms with E-state index in [4.69, 9.17) is 17.0 Å². The van der Waals surface area contributed by atoms with E-state index in [0.29, 0.717) is 0 Å². The van der Waals surface area contributed by atoms with Crippen LogP contribution in [0.3, 0.4) is 0 Å². The molecule has 0 radical (unpaired) electrons. The number of imidazole rings is 1. The number of quaternary nitrogens is 1. The van der Waals surface area contributed by atoms with E-state index in [2.05, 4.69) is 35.0 Å². The van der Waals surface area contributed by atoms with Gasteiger partial charge in [0.05, 0.1) is 13.7 Å². The van der Waals surface area contributed by atoms with E-state index < -0.39 is 0 Å². The number of aromatic nitrogens is 2. The Bertz CT molecular complexity index is 927. The second-order valence-corrected chi connectivity index (χ2v) is 6.84. The van der Waals surface area contributed by atoms with E-state index in [0.717, 1.165) is 42.4 Å². The van der Waals surface area contributed by atoms with Crippen LogP contribution < -0.4 is 9.64 Å². The fourth-order valence-electron chi connectivity index (χ4n) is 3.49. The summed E-state index contributed by atoms with van der Waals surface area (Å²) in [5.41, 5.74) is 4.01. The molecule has 0 aliphatic carbocycles. The summed E-state index contributed by atoms with van der Waals surface area (Å²) < 4.78 is 10.3. The van der Waals surface area contributed by atoms with Crippen molar-refractivity contribution < 1.29 is 9.64 Å². The Balaban J connectivity index is 1.53. The van der Waals surface area contributed by atoms with E-state index in [1.54, 1.807) is 12.0 Å². The largest absolute Gasteiger partial charge is 0.497 e. The molecular formula is C20H22N3OS+. The molecule has 25 heavy (non-hydrogen) atoms. The van der Waals surface area contributed by atoms with Gasteiger partial charge in [0.1, 0.15) is 12.3 Å². The average molecular weight is 352 g/mol. The van der Waals surface area contributed by atoms with Gasteiger partial charge in [-0.25, -0.2) is 0 Å². The Morgan fingerprint density at radius 1 is 1.04 bits per heavy atom. The normalized spacial score (nSPS) is 16.4. The summed E-state index contributed by atoms with van der Waals surface area (Å²) in [4.78, 5) is 1.54. The van der Waals surface area contributed by atoms with Gasteiger partial charge in [-0.1, -0.05) is 24.3 Å². The molecule has 2 heterocycles. The molecular weight excluding hydrogens is 330 g/mol. The Kier molecular flexibility index (Phi) is 4.42. The van der Waals surface area contributed by atoms with E-state index in [-0.39, 0.29) is 0 Å². The zero-order valence-electron chi connectivity index (χ0n) is 14.3. The molecule has 1 atom stereocenters. The molecule has 1 aromatic heterocycles. The van der Waals surface area contributed by atoms with Gasteiger partial charge in [-0.3, -0.25) is 9.13 Å². The molecule has 4 rings (SSSR count). The van der Waals surface area contributed by atoms with Crippen molar-refractivity contribution in [3.8, 4) is 11.4 Å². The summed E-state index contributed by atoms with van der Waals surface area (Å²) in [5, 5.41) is 0. The highest BCUT2D eigenvalue weighted by molar-refractivity contribution is 7.71. The lowest BCUT2D eigenvalue weighted by atomic mass is 10.0. The molecule has 3 aromatic rings. The lowest BCUT2D eigenvalue weighted by Gasteiger charge is -2.26. The first-order valence-corrected chi connectivity index (χ1v) is 8.98. The fourth-order valence-corrected chi connectivity index (χ4v) is 3.78. The van der Waals surface area contributed by atoms with Crippen LogP contribution in [0.25, 0.3) is 5.69 Å². The van der Waals surface area contributed by atoms with Crippen molar-refractivity contribution in [2.75, 3.05) is 13.7 Å². The SMILES string of the molecule is COc1ccc(-n2ccn(C[NH+]3CCc4ccccc4C3)c2=S)cc1. The van der Waals surface area contributed by atoms with Crippen LogP contribution in [0.1, 0.15) is 11.1 Å². The predicted molar refractivity (Wildman–Crippen MR) is 101 cm³/mol. The highest BCUT2D eigenvalue weighted by atomic mass is 32.1. The molecule has 1 unspecified atom stereocenters. The van der Waals surface area contributed by atoms with E-state index in [1.807, 2.05) is 35.0 Å². The number of methoxy groups -OCH3 is 1. The lowest BCUT2D eigenvalue weighted by Crippen LogP contribution is -3.11. The monoisotopic (exact) mass is 352 g/mol. The van der Waals surface area contributed by atoms with E-state index in [9.17, 15) is 0 Å². The molecule has 0 amide bonds. The molecule has 0 spiro atoms. The third-order valence-electron chi connectivity index (χ3n) is 4.90. The highest BCUT2D eigenvalue weighted by Crippen LogP contribution is 2.16. The van der Waals surface area contributed by atoms with Gasteiger partial charge in [-0.15, -0.1) is 0 Å². The Labute approximate surface area is 152 Å². The van der Waals surface area contributed by atoms with Gasteiger partial charge in [-0.2, -0.15) is 0 Å². The van der Waals surface area contributed by atoms with Gasteiger partial charge in [-0.05, 0) is 42.0 Å². The van der Waals surface area contributed by atoms with Gasteiger partial charge >= 0.3 is 0 Å². The maximum absolute atomic E-state index is 5.70. The van der Waals surface area contributed by atoms with Crippen molar-refractivity contribution in [1.82, 2.24) is 9.13 Å². The van der Waals surface area contributed by atoms with Crippen LogP contribution in [0.2, 0.25) is 0 Å². The summed E-state index contributed by atoms with van der Waals surface area (Å²) in [6, 6.07) is 16.7. The van der Waals surface area contributed by atoms with Gasteiger partial charge in [0, 0.05) is 30.1 Å². The minimum Gasteiger partial charge on any atom is -0.497 e. The van der Waals surface area contributed by atoms with Crippen molar-refractivity contribution in [3.05, 3.63) is 76.8 Å². The maximum Gasteiger partial charge on any atom is 0.188 e. The molecule has 5 heteroatoms. The van der Waals surface area contributed by atoms with Gasteiger partial charge in [0.15, 0.2) is 11.4 Å². The summed E-state index contributed by atoms with van der Waals surface area (Å²) in [6.45, 7) is 3.11. The van der Waals surface area contributed by atoms with E-state index >= 15 is 0 Å². The number of nitrogens with one attached hydrogen (secondary N) is 1. The number of hydrogen-bond acceptors (Lipinski definition) is 2. The third kappa shape index (κ3) is 3.25. The topological polar surface area (TPSA) is 23.5 Å². The minimum absolute atomic E-state index is 0.830. The lowest BCUT2D eigenvalue weighted by molar-refractivity contribution is -0.938. The number of ether oxygens (including phenoxy) is 1. The molecule has 1 aliphatic heterocycles. The van der Waals surface area contributed by atoms with Crippen LogP contribution in [-0.4, -0.2) is 22.8 Å². The molecule has 0 fully saturated rings. The van der Waals surface area contributed by atoms with Crippen LogP contribution >= 0.6 is 12.2 Å². The molecule has 0 bridgehead atoms. The van der Waals surface area contributed by atoms with Gasteiger partial charge in [0.2, 0.25) is 0 Å². The first kappa shape index (κ1) is 16.1. The predicted octanol–water partition coefficient (Wildman–Crippen LogP) is 2.62. The van der Waals surface area contributed by atoms with E-state index in [1.165, 1.54) is 11.1 Å². The fraction of sp³-hybridized carbons (Fsp3) is 0.250. The molecule has 0 saturated carbocycles. The summed E-state index contributed by atoms with van der Waals surface area (Å²) in [6.07, 6.45) is 5.26. The average Bonchev–Trinajstić information content (AvgIpc) is 3.02. The van der Waals surface area contributed by atoms with Crippen LogP contribution in [0.15, 0.2) is 60.9 Å². The zero-order chi connectivity index (χ0) is 17.2. The van der Waals surface area contributed by atoms with Crippen molar-refractivity contribution in [3.63, 3.8) is 0 Å². The van der Waals surface area contributed by atoms with Crippen molar-refractivity contribution in [1.29, 1.82) is 0 Å². The highest BCUT2D eigenvalue weighted by Gasteiger charge is 2.19. The number of benzene rings is 2. The molecule has 4 nitrogen and oxygen atoms in total. The Hall–Kier alpha value is -2.37. The van der Waals surface area contributed by atoms with Crippen LogP contribution in [0.4, 0.5) is 0 Å². The van der Waals surface area contributed by atoms with Gasteiger partial charge in [0.25, 0.3) is 0 Å². The van der Waals surface area contributed by atoms with Crippen molar-refractivity contribution in [2.45, 2.75) is 19.6 Å². The van der Waals surface area contributed by atoms with Crippen LogP contribution in [-0.2, 0) is 19.6 Å². The molecule has 1 N–H and O–H groups in total. The second kappa shape index (κ2) is 6.86. The Morgan fingerprint density at radius 2 is 1.80 bits per heavy atom. The van der Waals surface area contributed by atoms with Crippen molar-refractivity contribution >= 4 is 12.2 Å². The quantitative estimate of drug-likeness (QED) is 0.730. The molecule has 1 aliphatic rings. The number of rotatable bonds is 4. The van der Waals surface area contributed by atoms with Crippen LogP contribution in [0.5, 0.6) is 5.75 Å². The molecule has 2 aromatic carbocycles. The first-order valence-electron chi connectivity index (χ1n) is 8.57. The number of hydrogen-bond donors (Lipinski definition) is 1. The minimum atomic E-state index is 0.830. The van der Waals surface area contributed by atoms with Crippen LogP contribution in [0, 0.1) is 4.77 Å². The summed E-state index contributed by atoms with van der Waals surface area (Å²) >= 11 is 5.70. The standard InChI is InChI=1S/C20H21N3OS/c1-24-19-8-6-18(7-9-19)23-13-12-22(20(23)25)15-21-11-10-16-4-2-3-5-17(16)14-21/h2-9,12-13H,10-11,14-15H2,1H3/p+1. The molecule has 0 saturated heterocycles. The zero-order valence-corrected chi connectivity index (χ0v) is 15.1. The number of fused-ring (bicyclic) bond motifs is 1.